The molecule has 0 fully saturated rings. The fraction of sp³-hybridized carbons (Fsp3) is 0.286. The van der Waals surface area contributed by atoms with Crippen molar-refractivity contribution < 1.29 is 8.42 Å². The van der Waals surface area contributed by atoms with Crippen LogP contribution < -0.4 is 10.0 Å². The van der Waals surface area contributed by atoms with Crippen LogP contribution in [0.5, 0.6) is 0 Å². The average Bonchev–Trinajstić information content (AvgIpc) is 2.48. The van der Waals surface area contributed by atoms with E-state index in [4.69, 9.17) is 0 Å². The highest BCUT2D eigenvalue weighted by Gasteiger charge is 2.17. The van der Waals surface area contributed by atoms with Crippen molar-refractivity contribution >= 4 is 10.0 Å². The second-order valence-corrected chi connectivity index (χ2v) is 6.39. The average molecular weight is 306 g/mol. The predicted octanol–water partition coefficient (Wildman–Crippen LogP) is 0.983. The zero-order chi connectivity index (χ0) is 15.3. The fourth-order valence-corrected chi connectivity index (χ4v) is 3.21. The van der Waals surface area contributed by atoms with Crippen molar-refractivity contribution in [3.63, 3.8) is 0 Å². The van der Waals surface area contributed by atoms with Gasteiger partial charge in [0.05, 0.1) is 17.1 Å². The summed E-state index contributed by atoms with van der Waals surface area (Å²) in [5, 5.41) is 3.01. The summed E-state index contributed by atoms with van der Waals surface area (Å²) in [5.41, 5.74) is 2.26. The molecule has 0 saturated carbocycles. The molecule has 0 spiro atoms. The second-order valence-electron chi connectivity index (χ2n) is 4.66. The van der Waals surface area contributed by atoms with E-state index in [1.807, 2.05) is 19.2 Å². The van der Waals surface area contributed by atoms with E-state index < -0.39 is 10.0 Å². The lowest BCUT2D eigenvalue weighted by molar-refractivity contribution is 0.579. The van der Waals surface area contributed by atoms with Crippen LogP contribution >= 0.6 is 0 Å². The maximum Gasteiger partial charge on any atom is 0.241 e. The van der Waals surface area contributed by atoms with Crippen LogP contribution in [0.25, 0.3) is 0 Å². The van der Waals surface area contributed by atoms with Crippen LogP contribution in [0.3, 0.4) is 0 Å². The maximum atomic E-state index is 12.4. The Kier molecular flexibility index (Phi) is 5.00. The zero-order valence-electron chi connectivity index (χ0n) is 12.0. The van der Waals surface area contributed by atoms with Gasteiger partial charge in [-0.15, -0.1) is 0 Å². The first-order valence-corrected chi connectivity index (χ1v) is 8.00. The van der Waals surface area contributed by atoms with Crippen LogP contribution in [-0.4, -0.2) is 25.4 Å². The SMILES string of the molecule is CNCc1ccc(C)c(S(=O)(=O)NCc2ccncn2)c1. The first-order chi connectivity index (χ1) is 10.0. The third kappa shape index (κ3) is 4.07. The van der Waals surface area contributed by atoms with Crippen LogP contribution in [0, 0.1) is 6.92 Å². The Morgan fingerprint density at radius 1 is 1.19 bits per heavy atom. The van der Waals surface area contributed by atoms with Gasteiger partial charge in [-0.3, -0.25) is 0 Å². The lowest BCUT2D eigenvalue weighted by Gasteiger charge is -2.11. The Labute approximate surface area is 124 Å². The van der Waals surface area contributed by atoms with E-state index in [2.05, 4.69) is 20.0 Å². The Morgan fingerprint density at radius 2 is 2.00 bits per heavy atom. The van der Waals surface area contributed by atoms with E-state index in [1.54, 1.807) is 25.3 Å². The molecule has 0 amide bonds. The third-order valence-corrected chi connectivity index (χ3v) is 4.55. The molecule has 0 saturated heterocycles. The molecule has 0 radical (unpaired) electrons. The largest absolute Gasteiger partial charge is 0.316 e. The van der Waals surface area contributed by atoms with Crippen molar-refractivity contribution in [2.75, 3.05) is 7.05 Å². The van der Waals surface area contributed by atoms with Crippen molar-refractivity contribution in [3.8, 4) is 0 Å². The van der Waals surface area contributed by atoms with Gasteiger partial charge in [0.2, 0.25) is 10.0 Å². The highest BCUT2D eigenvalue weighted by molar-refractivity contribution is 7.89. The smallest absolute Gasteiger partial charge is 0.241 e. The summed E-state index contributed by atoms with van der Waals surface area (Å²) in [5.74, 6) is 0. The molecule has 0 aliphatic rings. The van der Waals surface area contributed by atoms with Crippen molar-refractivity contribution in [2.45, 2.75) is 24.9 Å². The first kappa shape index (κ1) is 15.6. The topological polar surface area (TPSA) is 84.0 Å². The van der Waals surface area contributed by atoms with Gasteiger partial charge in [-0.25, -0.2) is 23.1 Å². The molecule has 7 heteroatoms. The van der Waals surface area contributed by atoms with Gasteiger partial charge in [-0.05, 0) is 37.2 Å². The minimum atomic E-state index is -3.57. The van der Waals surface area contributed by atoms with Gasteiger partial charge < -0.3 is 5.32 Å². The molecule has 0 aliphatic heterocycles. The minimum Gasteiger partial charge on any atom is -0.316 e. The van der Waals surface area contributed by atoms with Gasteiger partial charge >= 0.3 is 0 Å². The van der Waals surface area contributed by atoms with Gasteiger partial charge in [0.1, 0.15) is 6.33 Å². The summed E-state index contributed by atoms with van der Waals surface area (Å²) in [7, 11) is -1.75. The first-order valence-electron chi connectivity index (χ1n) is 6.51. The highest BCUT2D eigenvalue weighted by Crippen LogP contribution is 2.17. The summed E-state index contributed by atoms with van der Waals surface area (Å²) in [4.78, 5) is 8.09. The van der Waals surface area contributed by atoms with Gasteiger partial charge in [-0.2, -0.15) is 0 Å². The molecule has 112 valence electrons. The number of hydrogen-bond donors (Lipinski definition) is 2. The molecule has 2 rings (SSSR count). The van der Waals surface area contributed by atoms with Gasteiger partial charge in [0.25, 0.3) is 0 Å². The molecule has 1 aromatic heterocycles. The van der Waals surface area contributed by atoms with Crippen molar-refractivity contribution in [3.05, 3.63) is 53.6 Å². The number of aromatic nitrogens is 2. The lowest BCUT2D eigenvalue weighted by Crippen LogP contribution is -2.24. The van der Waals surface area contributed by atoms with Crippen molar-refractivity contribution in [2.24, 2.45) is 0 Å². The number of hydrogen-bond acceptors (Lipinski definition) is 5. The molecular weight excluding hydrogens is 288 g/mol. The molecule has 1 aromatic carbocycles. The number of sulfonamides is 1. The van der Waals surface area contributed by atoms with E-state index in [1.165, 1.54) is 6.33 Å². The molecule has 1 heterocycles. The molecule has 0 unspecified atom stereocenters. The molecule has 0 aliphatic carbocycles. The third-order valence-electron chi connectivity index (χ3n) is 3.01. The molecule has 0 bridgehead atoms. The lowest BCUT2D eigenvalue weighted by atomic mass is 10.1. The van der Waals surface area contributed by atoms with E-state index in [9.17, 15) is 8.42 Å². The van der Waals surface area contributed by atoms with E-state index >= 15 is 0 Å². The van der Waals surface area contributed by atoms with Crippen LogP contribution in [-0.2, 0) is 23.1 Å². The number of nitrogens with zero attached hydrogens (tertiary/aromatic N) is 2. The molecule has 2 aromatic rings. The van der Waals surface area contributed by atoms with Crippen LogP contribution in [0.1, 0.15) is 16.8 Å². The molecule has 2 N–H and O–H groups in total. The summed E-state index contributed by atoms with van der Waals surface area (Å²) in [6.45, 7) is 2.54. The Bertz CT molecular complexity index is 702. The second kappa shape index (κ2) is 6.75. The number of nitrogens with one attached hydrogen (secondary N) is 2. The van der Waals surface area contributed by atoms with Crippen LogP contribution in [0.4, 0.5) is 0 Å². The zero-order valence-corrected chi connectivity index (χ0v) is 12.8. The van der Waals surface area contributed by atoms with E-state index in [0.717, 1.165) is 5.56 Å². The minimum absolute atomic E-state index is 0.139. The molecule has 21 heavy (non-hydrogen) atoms. The van der Waals surface area contributed by atoms with Crippen molar-refractivity contribution in [1.29, 1.82) is 0 Å². The fourth-order valence-electron chi connectivity index (χ4n) is 1.92. The van der Waals surface area contributed by atoms with Crippen LogP contribution in [0.15, 0.2) is 41.7 Å². The monoisotopic (exact) mass is 306 g/mol. The Balaban J connectivity index is 2.21. The molecule has 6 nitrogen and oxygen atoms in total. The Morgan fingerprint density at radius 3 is 2.67 bits per heavy atom. The molecular formula is C14H18N4O2S. The summed E-state index contributed by atoms with van der Waals surface area (Å²) in [6, 6.07) is 7.09. The quantitative estimate of drug-likeness (QED) is 0.831. The number of aryl methyl sites for hydroxylation is 1. The maximum absolute atomic E-state index is 12.4. The van der Waals surface area contributed by atoms with Gasteiger partial charge in [-0.1, -0.05) is 12.1 Å². The van der Waals surface area contributed by atoms with E-state index in [-0.39, 0.29) is 6.54 Å². The van der Waals surface area contributed by atoms with Gasteiger partial charge in [0, 0.05) is 12.7 Å². The standard InChI is InChI=1S/C14H18N4O2S/c1-11-3-4-12(8-15-2)7-14(11)21(19,20)18-9-13-5-6-16-10-17-13/h3-7,10,15,18H,8-9H2,1-2H3. The predicted molar refractivity (Wildman–Crippen MR) is 80.0 cm³/mol. The molecule has 0 atom stereocenters. The highest BCUT2D eigenvalue weighted by atomic mass is 32.2. The number of rotatable bonds is 6. The van der Waals surface area contributed by atoms with Crippen molar-refractivity contribution in [1.82, 2.24) is 20.0 Å². The van der Waals surface area contributed by atoms with E-state index in [0.29, 0.717) is 22.7 Å². The van der Waals surface area contributed by atoms with Crippen LogP contribution in [0.2, 0.25) is 0 Å². The summed E-state index contributed by atoms with van der Waals surface area (Å²) >= 11 is 0. The summed E-state index contributed by atoms with van der Waals surface area (Å²) in [6.07, 6.45) is 2.97. The normalized spacial score (nSPS) is 11.5. The Hall–Kier alpha value is -1.83. The summed E-state index contributed by atoms with van der Waals surface area (Å²) < 4.78 is 27.4. The van der Waals surface area contributed by atoms with Gasteiger partial charge in [0.15, 0.2) is 0 Å². The number of benzene rings is 1.